The van der Waals surface area contributed by atoms with Crippen molar-refractivity contribution < 1.29 is 4.79 Å². The average Bonchev–Trinajstić information content (AvgIpc) is 3.45. The summed E-state index contributed by atoms with van der Waals surface area (Å²) < 4.78 is 0. The number of rotatable bonds is 4. The van der Waals surface area contributed by atoms with Crippen molar-refractivity contribution in [3.63, 3.8) is 0 Å². The SMILES string of the molecule is Cc1nc(N2CCC(C(=O)NCC3CC4C=CC3C43CC3)CC2)nc2ccccc12. The number of aryl methyl sites for hydroxylation is 1. The number of amides is 1. The Morgan fingerprint density at radius 3 is 2.73 bits per heavy atom. The number of hydrogen-bond acceptors (Lipinski definition) is 4. The van der Waals surface area contributed by atoms with Gasteiger partial charge in [-0.2, -0.15) is 0 Å². The summed E-state index contributed by atoms with van der Waals surface area (Å²) >= 11 is 0. The lowest BCUT2D eigenvalue weighted by Gasteiger charge is -2.32. The molecule has 2 saturated carbocycles. The zero-order chi connectivity index (χ0) is 20.3. The van der Waals surface area contributed by atoms with E-state index in [1.165, 1.54) is 19.3 Å². The van der Waals surface area contributed by atoms with Gasteiger partial charge in [0.2, 0.25) is 11.9 Å². The summed E-state index contributed by atoms with van der Waals surface area (Å²) in [5, 5.41) is 4.42. The first-order valence-corrected chi connectivity index (χ1v) is 11.6. The van der Waals surface area contributed by atoms with E-state index >= 15 is 0 Å². The summed E-state index contributed by atoms with van der Waals surface area (Å²) in [4.78, 5) is 24.6. The predicted octanol–water partition coefficient (Wildman–Crippen LogP) is 3.87. The van der Waals surface area contributed by atoms with Crippen LogP contribution in [0.15, 0.2) is 36.4 Å². The molecule has 1 spiro atoms. The number of allylic oxidation sites excluding steroid dienone is 2. The Morgan fingerprint density at radius 2 is 1.97 bits per heavy atom. The standard InChI is InChI=1S/C25H30N4O/c1-16-20-4-2-3-5-22(20)28-24(27-16)29-12-8-17(9-13-29)23(30)26-15-18-14-19-6-7-21(18)25(19)10-11-25/h2-7,17-19,21H,8-15H2,1H3,(H,26,30). The second-order valence-corrected chi connectivity index (χ2v) is 9.88. The molecule has 5 nitrogen and oxygen atoms in total. The molecule has 0 radical (unpaired) electrons. The summed E-state index contributed by atoms with van der Waals surface area (Å²) in [6, 6.07) is 8.17. The molecule has 5 heteroatoms. The molecule has 6 rings (SSSR count). The number of fused-ring (bicyclic) bond motifs is 1. The van der Waals surface area contributed by atoms with Crippen molar-refractivity contribution in [2.24, 2.45) is 29.1 Å². The third-order valence-corrected chi connectivity index (χ3v) is 8.31. The fraction of sp³-hybridized carbons (Fsp3) is 0.560. The number of hydrogen-bond donors (Lipinski definition) is 1. The summed E-state index contributed by atoms with van der Waals surface area (Å²) in [7, 11) is 0. The first-order valence-electron chi connectivity index (χ1n) is 11.6. The summed E-state index contributed by atoms with van der Waals surface area (Å²) in [6.45, 7) is 4.59. The minimum absolute atomic E-state index is 0.117. The highest BCUT2D eigenvalue weighted by Crippen LogP contribution is 2.69. The van der Waals surface area contributed by atoms with Crippen LogP contribution >= 0.6 is 0 Å². The molecule has 2 bridgehead atoms. The van der Waals surface area contributed by atoms with Crippen molar-refractivity contribution in [2.75, 3.05) is 24.5 Å². The number of piperidine rings is 1. The van der Waals surface area contributed by atoms with Gasteiger partial charge in [-0.3, -0.25) is 4.79 Å². The van der Waals surface area contributed by atoms with Crippen LogP contribution in [0.2, 0.25) is 0 Å². The molecule has 3 atom stereocenters. The van der Waals surface area contributed by atoms with Crippen LogP contribution in [0, 0.1) is 36.0 Å². The minimum atomic E-state index is 0.117. The molecule has 156 valence electrons. The van der Waals surface area contributed by atoms with Crippen molar-refractivity contribution in [1.82, 2.24) is 15.3 Å². The maximum Gasteiger partial charge on any atom is 0.226 e. The molecule has 1 saturated heterocycles. The minimum Gasteiger partial charge on any atom is -0.356 e. The van der Waals surface area contributed by atoms with E-state index in [4.69, 9.17) is 9.97 Å². The topological polar surface area (TPSA) is 58.1 Å². The number of para-hydroxylation sites is 1. The highest BCUT2D eigenvalue weighted by atomic mass is 16.1. The van der Waals surface area contributed by atoms with Crippen LogP contribution in [-0.2, 0) is 4.79 Å². The van der Waals surface area contributed by atoms with Crippen molar-refractivity contribution in [3.05, 3.63) is 42.1 Å². The zero-order valence-electron chi connectivity index (χ0n) is 17.7. The first-order chi connectivity index (χ1) is 14.6. The molecule has 1 N–H and O–H groups in total. The van der Waals surface area contributed by atoms with E-state index in [0.717, 1.165) is 66.9 Å². The maximum atomic E-state index is 12.8. The molecule has 3 unspecified atom stereocenters. The molecule has 1 aromatic heterocycles. The van der Waals surface area contributed by atoms with E-state index in [1.807, 2.05) is 25.1 Å². The number of nitrogens with zero attached hydrogens (tertiary/aromatic N) is 3. The van der Waals surface area contributed by atoms with Crippen LogP contribution in [0.5, 0.6) is 0 Å². The van der Waals surface area contributed by atoms with Crippen LogP contribution in [-0.4, -0.2) is 35.5 Å². The van der Waals surface area contributed by atoms with Gasteiger partial charge >= 0.3 is 0 Å². The fourth-order valence-corrected chi connectivity index (χ4v) is 6.43. The average molecular weight is 403 g/mol. The summed E-state index contributed by atoms with van der Waals surface area (Å²) in [5.74, 6) is 3.33. The van der Waals surface area contributed by atoms with Gasteiger partial charge in [-0.25, -0.2) is 9.97 Å². The van der Waals surface area contributed by atoms with Crippen molar-refractivity contribution in [2.45, 2.75) is 39.0 Å². The predicted molar refractivity (Wildman–Crippen MR) is 118 cm³/mol. The van der Waals surface area contributed by atoms with Gasteiger partial charge in [-0.05, 0) is 68.3 Å². The van der Waals surface area contributed by atoms with Crippen LogP contribution in [0.1, 0.15) is 37.8 Å². The maximum absolute atomic E-state index is 12.8. The molecular weight excluding hydrogens is 372 g/mol. The second kappa shape index (κ2) is 6.79. The Bertz CT molecular complexity index is 1020. The molecule has 30 heavy (non-hydrogen) atoms. The van der Waals surface area contributed by atoms with Gasteiger partial charge in [0.05, 0.1) is 11.2 Å². The highest BCUT2D eigenvalue weighted by molar-refractivity contribution is 5.82. The zero-order valence-corrected chi connectivity index (χ0v) is 17.7. The summed E-state index contributed by atoms with van der Waals surface area (Å²) in [6.07, 6.45) is 10.7. The fourth-order valence-electron chi connectivity index (χ4n) is 6.43. The number of carbonyl (C=O) groups excluding carboxylic acids is 1. The number of nitrogens with one attached hydrogen (secondary N) is 1. The van der Waals surface area contributed by atoms with Crippen LogP contribution < -0.4 is 10.2 Å². The Labute approximate surface area is 178 Å². The number of benzene rings is 1. The largest absolute Gasteiger partial charge is 0.356 e. The third kappa shape index (κ3) is 2.85. The number of carbonyl (C=O) groups is 1. The van der Waals surface area contributed by atoms with Gasteiger partial charge in [0, 0.05) is 30.9 Å². The van der Waals surface area contributed by atoms with E-state index in [1.54, 1.807) is 0 Å². The monoisotopic (exact) mass is 402 g/mol. The van der Waals surface area contributed by atoms with Crippen molar-refractivity contribution >= 4 is 22.8 Å². The normalized spacial score (nSPS) is 29.1. The van der Waals surface area contributed by atoms with Gasteiger partial charge in [0.1, 0.15) is 0 Å². The molecule has 2 aromatic rings. The van der Waals surface area contributed by atoms with Gasteiger partial charge in [-0.15, -0.1) is 0 Å². The molecule has 1 aromatic carbocycles. The molecule has 1 aliphatic heterocycles. The van der Waals surface area contributed by atoms with Gasteiger partial charge < -0.3 is 10.2 Å². The third-order valence-electron chi connectivity index (χ3n) is 8.31. The molecule has 2 heterocycles. The number of anilines is 1. The molecule has 1 amide bonds. The summed E-state index contributed by atoms with van der Waals surface area (Å²) in [5.41, 5.74) is 2.62. The van der Waals surface area contributed by atoms with Crippen LogP contribution in [0.3, 0.4) is 0 Å². The Morgan fingerprint density at radius 1 is 1.17 bits per heavy atom. The van der Waals surface area contributed by atoms with Crippen LogP contribution in [0.4, 0.5) is 5.95 Å². The molecule has 4 aliphatic rings. The molecular formula is C25H30N4O. The Kier molecular flexibility index (Phi) is 4.15. The second-order valence-electron chi connectivity index (χ2n) is 9.88. The first kappa shape index (κ1) is 18.3. The van der Waals surface area contributed by atoms with E-state index in [0.29, 0.717) is 11.3 Å². The lowest BCUT2D eigenvalue weighted by molar-refractivity contribution is -0.125. The molecule has 3 fully saturated rings. The Hall–Kier alpha value is -2.43. The Balaban J connectivity index is 1.05. The number of aromatic nitrogens is 2. The van der Waals surface area contributed by atoms with Gasteiger partial charge in [0.15, 0.2) is 0 Å². The van der Waals surface area contributed by atoms with Gasteiger partial charge in [-0.1, -0.05) is 30.4 Å². The van der Waals surface area contributed by atoms with E-state index in [-0.39, 0.29) is 11.8 Å². The van der Waals surface area contributed by atoms with E-state index in [9.17, 15) is 4.79 Å². The highest BCUT2D eigenvalue weighted by Gasteiger charge is 2.62. The lowest BCUT2D eigenvalue weighted by Crippen LogP contribution is -2.42. The van der Waals surface area contributed by atoms with E-state index < -0.39 is 0 Å². The van der Waals surface area contributed by atoms with E-state index in [2.05, 4.69) is 28.4 Å². The quantitative estimate of drug-likeness (QED) is 0.789. The molecule has 3 aliphatic carbocycles. The lowest BCUT2D eigenvalue weighted by atomic mass is 9.88. The van der Waals surface area contributed by atoms with Crippen molar-refractivity contribution in [3.8, 4) is 0 Å². The van der Waals surface area contributed by atoms with Crippen molar-refractivity contribution in [1.29, 1.82) is 0 Å². The smallest absolute Gasteiger partial charge is 0.226 e. The van der Waals surface area contributed by atoms with Crippen LogP contribution in [0.25, 0.3) is 10.9 Å². The van der Waals surface area contributed by atoms with Gasteiger partial charge in [0.25, 0.3) is 0 Å².